The fourth-order valence-corrected chi connectivity index (χ4v) is 6.27. The van der Waals surface area contributed by atoms with Gasteiger partial charge >= 0.3 is 0 Å². The molecule has 0 radical (unpaired) electrons. The highest BCUT2D eigenvalue weighted by molar-refractivity contribution is 6.10. The Morgan fingerprint density at radius 2 is 1.89 bits per heavy atom. The average Bonchev–Trinajstić information content (AvgIpc) is 3.69. The minimum atomic E-state index is -2.72. The fourth-order valence-electron chi connectivity index (χ4n) is 6.27. The van der Waals surface area contributed by atoms with Gasteiger partial charge in [-0.25, -0.2) is 13.8 Å². The van der Waals surface area contributed by atoms with E-state index in [1.165, 1.54) is 24.3 Å². The molecule has 0 unspecified atom stereocenters. The second-order valence-corrected chi connectivity index (χ2v) is 11.7. The van der Waals surface area contributed by atoms with Crippen LogP contribution in [0.5, 0.6) is 0 Å². The lowest BCUT2D eigenvalue weighted by Gasteiger charge is -2.27. The Bertz CT molecular complexity index is 2030. The average molecular weight is 637 g/mol. The molecule has 9 nitrogen and oxygen atoms in total. The number of nitrogens with one attached hydrogen (secondary N) is 2. The van der Waals surface area contributed by atoms with Gasteiger partial charge in [0.1, 0.15) is 6.07 Å². The molecule has 2 aromatic carbocycles. The van der Waals surface area contributed by atoms with Crippen molar-refractivity contribution in [2.24, 2.45) is 7.05 Å². The quantitative estimate of drug-likeness (QED) is 0.132. The van der Waals surface area contributed by atoms with E-state index in [0.29, 0.717) is 52.1 Å². The molecule has 47 heavy (non-hydrogen) atoms. The number of rotatable bonds is 10. The Morgan fingerprint density at radius 3 is 2.64 bits per heavy atom. The number of ketones is 1. The molecule has 1 fully saturated rings. The first-order valence-corrected chi connectivity index (χ1v) is 15.4. The molecule has 3 aromatic heterocycles. The number of carbonyl (C=O) groups excluding carboxylic acids is 2. The smallest absolute Gasteiger partial charge is 0.264 e. The van der Waals surface area contributed by atoms with Gasteiger partial charge in [-0.1, -0.05) is 12.1 Å². The Morgan fingerprint density at radius 1 is 1.09 bits per heavy atom. The van der Waals surface area contributed by atoms with Crippen molar-refractivity contribution in [3.8, 4) is 17.2 Å². The van der Waals surface area contributed by atoms with Crippen molar-refractivity contribution in [1.82, 2.24) is 19.3 Å². The van der Waals surface area contributed by atoms with E-state index in [2.05, 4.69) is 21.7 Å². The van der Waals surface area contributed by atoms with Crippen molar-refractivity contribution in [2.75, 3.05) is 19.0 Å². The van der Waals surface area contributed by atoms with Gasteiger partial charge in [0.25, 0.3) is 6.43 Å². The van der Waals surface area contributed by atoms with E-state index < -0.39 is 6.43 Å². The predicted octanol–water partition coefficient (Wildman–Crippen LogP) is 6.58. The highest BCUT2D eigenvalue weighted by Gasteiger charge is 2.22. The van der Waals surface area contributed by atoms with E-state index in [1.54, 1.807) is 78.1 Å². The van der Waals surface area contributed by atoms with Gasteiger partial charge in [-0.05, 0) is 79.8 Å². The summed E-state index contributed by atoms with van der Waals surface area (Å²) in [6, 6.07) is 16.8. The zero-order chi connectivity index (χ0) is 33.1. The first-order chi connectivity index (χ1) is 22.8. The number of fused-ring (bicyclic) bond motifs is 2. The van der Waals surface area contributed by atoms with Crippen molar-refractivity contribution >= 4 is 33.9 Å². The van der Waals surface area contributed by atoms with Crippen LogP contribution in [0.3, 0.4) is 0 Å². The lowest BCUT2D eigenvalue weighted by Crippen LogP contribution is -2.35. The first-order valence-electron chi connectivity index (χ1n) is 15.4. The lowest BCUT2D eigenvalue weighted by molar-refractivity contribution is -0.111. The number of halogens is 2. The number of pyridine rings is 1. The van der Waals surface area contributed by atoms with E-state index in [9.17, 15) is 23.6 Å². The fraction of sp³-hybridized carbons (Fsp3) is 0.278. The summed E-state index contributed by atoms with van der Waals surface area (Å²) in [7, 11) is 3.49. The third kappa shape index (κ3) is 6.56. The second kappa shape index (κ2) is 13.7. The van der Waals surface area contributed by atoms with Crippen LogP contribution in [0, 0.1) is 11.3 Å². The van der Waals surface area contributed by atoms with Crippen molar-refractivity contribution in [2.45, 2.75) is 44.3 Å². The van der Waals surface area contributed by atoms with Crippen LogP contribution in [0.4, 0.5) is 14.5 Å². The van der Waals surface area contributed by atoms with Gasteiger partial charge in [0.15, 0.2) is 0 Å². The monoisotopic (exact) mass is 636 g/mol. The van der Waals surface area contributed by atoms with Gasteiger partial charge in [0, 0.05) is 55.7 Å². The second-order valence-electron chi connectivity index (χ2n) is 11.7. The Kier molecular flexibility index (Phi) is 9.24. The summed E-state index contributed by atoms with van der Waals surface area (Å²) in [5.41, 5.74) is 3.46. The molecule has 11 heteroatoms. The maximum absolute atomic E-state index is 14.2. The summed E-state index contributed by atoms with van der Waals surface area (Å²) < 4.78 is 37.2. The van der Waals surface area contributed by atoms with E-state index in [4.69, 9.17) is 4.74 Å². The molecule has 0 bridgehead atoms. The third-order valence-corrected chi connectivity index (χ3v) is 8.81. The van der Waals surface area contributed by atoms with E-state index in [-0.39, 0.29) is 34.1 Å². The summed E-state index contributed by atoms with van der Waals surface area (Å²) in [4.78, 5) is 30.6. The Hall–Kier alpha value is -5.18. The van der Waals surface area contributed by atoms with E-state index >= 15 is 0 Å². The van der Waals surface area contributed by atoms with Gasteiger partial charge < -0.3 is 24.3 Å². The van der Waals surface area contributed by atoms with E-state index in [0.717, 1.165) is 25.7 Å². The van der Waals surface area contributed by atoms with Gasteiger partial charge in [0.2, 0.25) is 11.7 Å². The molecule has 0 saturated heterocycles. The zero-order valence-electron chi connectivity index (χ0n) is 26.0. The maximum atomic E-state index is 14.2. The number of hydrogen-bond acceptors (Lipinski definition) is 6. The SMILES string of the molecule is COC1CCC(NC/C=C/C(=O)Nc2ccc(C(=O)c3ccc4c(-c5cc6ncn(C)c6cc5C(F)F)cccn34)cc2C#N)CC1. The number of amides is 1. The normalized spacial score (nSPS) is 16.7. The van der Waals surface area contributed by atoms with Crippen LogP contribution in [0.2, 0.25) is 0 Å². The van der Waals surface area contributed by atoms with Crippen molar-refractivity contribution in [3.05, 3.63) is 102 Å². The summed E-state index contributed by atoms with van der Waals surface area (Å²) in [5, 5.41) is 16.0. The van der Waals surface area contributed by atoms with Crippen molar-refractivity contribution in [3.63, 3.8) is 0 Å². The lowest BCUT2D eigenvalue weighted by atomic mass is 9.93. The van der Waals surface area contributed by atoms with Crippen LogP contribution < -0.4 is 10.6 Å². The zero-order valence-corrected chi connectivity index (χ0v) is 26.0. The Labute approximate surface area is 270 Å². The van der Waals surface area contributed by atoms with Crippen LogP contribution in [0.25, 0.3) is 27.7 Å². The summed E-state index contributed by atoms with van der Waals surface area (Å²) >= 11 is 0. The molecule has 3 heterocycles. The van der Waals surface area contributed by atoms with Crippen LogP contribution in [-0.2, 0) is 16.6 Å². The number of aryl methyl sites for hydroxylation is 1. The molecule has 0 atom stereocenters. The third-order valence-electron chi connectivity index (χ3n) is 8.81. The number of benzene rings is 2. The molecular weight excluding hydrogens is 602 g/mol. The van der Waals surface area contributed by atoms with Crippen LogP contribution >= 0.6 is 0 Å². The molecule has 1 aliphatic carbocycles. The summed E-state index contributed by atoms with van der Waals surface area (Å²) in [6.07, 6.45) is 8.12. The minimum absolute atomic E-state index is 0.129. The molecule has 0 aliphatic heterocycles. The largest absolute Gasteiger partial charge is 0.381 e. The van der Waals surface area contributed by atoms with Gasteiger partial charge in [-0.15, -0.1) is 0 Å². The molecule has 2 N–H and O–H groups in total. The number of hydrogen-bond donors (Lipinski definition) is 2. The van der Waals surface area contributed by atoms with Gasteiger partial charge in [-0.3, -0.25) is 9.59 Å². The summed E-state index contributed by atoms with van der Waals surface area (Å²) in [5.74, 6) is -0.751. The highest BCUT2D eigenvalue weighted by Crippen LogP contribution is 2.37. The topological polar surface area (TPSA) is 113 Å². The molecule has 1 aliphatic rings. The first kappa shape index (κ1) is 31.8. The molecule has 6 rings (SSSR count). The number of carbonyl (C=O) groups is 2. The summed E-state index contributed by atoms with van der Waals surface area (Å²) in [6.45, 7) is 0.544. The number of methoxy groups -OCH3 is 1. The number of nitriles is 1. The van der Waals surface area contributed by atoms with Crippen LogP contribution in [0.1, 0.15) is 59.3 Å². The number of nitrogens with zero attached hydrogens (tertiary/aromatic N) is 4. The number of aromatic nitrogens is 3. The molecule has 1 amide bonds. The maximum Gasteiger partial charge on any atom is 0.264 e. The minimum Gasteiger partial charge on any atom is -0.381 e. The predicted molar refractivity (Wildman–Crippen MR) is 175 cm³/mol. The van der Waals surface area contributed by atoms with Crippen LogP contribution in [0.15, 0.2) is 79.3 Å². The van der Waals surface area contributed by atoms with Crippen molar-refractivity contribution in [1.29, 1.82) is 5.26 Å². The number of alkyl halides is 2. The van der Waals surface area contributed by atoms with Gasteiger partial charge in [-0.2, -0.15) is 5.26 Å². The number of imidazole rings is 1. The number of anilines is 1. The molecule has 5 aromatic rings. The van der Waals surface area contributed by atoms with Crippen molar-refractivity contribution < 1.29 is 23.1 Å². The standard InChI is InChI=1S/C36H34F2N6O3/c1-43-21-41-30-18-27(28(36(37)38)19-33(30)43)26-5-4-16-44-31(26)13-14-32(44)35(46)22-7-12-29(23(17-22)20-39)42-34(45)6-3-15-40-24-8-10-25(47-2)11-9-24/h3-7,12-14,16-19,21,24-25,36,40H,8-11,15H2,1-2H3,(H,42,45)/b6-3+. The van der Waals surface area contributed by atoms with E-state index in [1.807, 2.05) is 0 Å². The Balaban J connectivity index is 1.19. The molecule has 240 valence electrons. The number of ether oxygens (including phenoxy) is 1. The molecular formula is C36H34F2N6O3. The highest BCUT2D eigenvalue weighted by atomic mass is 19.3. The van der Waals surface area contributed by atoms with Gasteiger partial charge in [0.05, 0.1) is 45.9 Å². The van der Waals surface area contributed by atoms with Crippen LogP contribution in [-0.4, -0.2) is 51.4 Å². The molecule has 0 spiro atoms. The molecule has 1 saturated carbocycles.